The van der Waals surface area contributed by atoms with E-state index < -0.39 is 0 Å². The Labute approximate surface area is 98.0 Å². The fourth-order valence-electron chi connectivity index (χ4n) is 1.74. The smallest absolute Gasteiger partial charge is 0.225 e. The minimum atomic E-state index is -0.307. The van der Waals surface area contributed by atoms with Crippen molar-refractivity contribution < 1.29 is 9.90 Å². The van der Waals surface area contributed by atoms with Gasteiger partial charge in [0.25, 0.3) is 0 Å². The molecule has 1 heterocycles. The Morgan fingerprint density at radius 1 is 1.38 bits per heavy atom. The van der Waals surface area contributed by atoms with Gasteiger partial charge in [-0.05, 0) is 12.8 Å². The first-order valence-electron chi connectivity index (χ1n) is 6.08. The van der Waals surface area contributed by atoms with Crippen molar-refractivity contribution in [3.05, 3.63) is 0 Å². The number of nitrogens with zero attached hydrogens (tertiary/aromatic N) is 1. The molecule has 1 rings (SSSR count). The molecule has 0 aromatic heterocycles. The summed E-state index contributed by atoms with van der Waals surface area (Å²) in [6.45, 7) is 9.21. The predicted molar refractivity (Wildman–Crippen MR) is 64.1 cm³/mol. The maximum absolute atomic E-state index is 11.6. The summed E-state index contributed by atoms with van der Waals surface area (Å²) in [5.41, 5.74) is -0.307. The summed E-state index contributed by atoms with van der Waals surface area (Å²) < 4.78 is 0. The van der Waals surface area contributed by atoms with Gasteiger partial charge in [0.15, 0.2) is 0 Å². The van der Waals surface area contributed by atoms with E-state index in [9.17, 15) is 9.90 Å². The molecule has 0 aromatic rings. The zero-order valence-corrected chi connectivity index (χ0v) is 10.6. The van der Waals surface area contributed by atoms with Crippen LogP contribution in [0.3, 0.4) is 0 Å². The third-order valence-electron chi connectivity index (χ3n) is 2.95. The fourth-order valence-corrected chi connectivity index (χ4v) is 1.74. The third-order valence-corrected chi connectivity index (χ3v) is 2.95. The van der Waals surface area contributed by atoms with E-state index in [-0.39, 0.29) is 17.4 Å². The maximum Gasteiger partial charge on any atom is 0.225 e. The Hall–Kier alpha value is -0.610. The second kappa shape index (κ2) is 5.64. The summed E-state index contributed by atoms with van der Waals surface area (Å²) in [6.07, 6.45) is 1.58. The molecule has 0 spiro atoms. The number of hydrogen-bond acceptors (Lipinski definition) is 3. The van der Waals surface area contributed by atoms with Crippen molar-refractivity contribution in [1.82, 2.24) is 10.2 Å². The standard InChI is InChI=1S/C12H24N2O2/c1-12(2,3)11(16)13-6-9-14-7-4-10(15)5-8-14/h10,15H,4-9H2,1-3H3,(H,13,16). The van der Waals surface area contributed by atoms with Crippen molar-refractivity contribution in [3.8, 4) is 0 Å². The number of aliphatic hydroxyl groups is 1. The van der Waals surface area contributed by atoms with E-state index in [1.807, 2.05) is 20.8 Å². The summed E-state index contributed by atoms with van der Waals surface area (Å²) in [6, 6.07) is 0. The SMILES string of the molecule is CC(C)(C)C(=O)NCCN1CCC(O)CC1. The van der Waals surface area contributed by atoms with Crippen LogP contribution in [0.2, 0.25) is 0 Å². The number of hydrogen-bond donors (Lipinski definition) is 2. The van der Waals surface area contributed by atoms with Gasteiger partial charge in [0.05, 0.1) is 6.10 Å². The van der Waals surface area contributed by atoms with Crippen LogP contribution in [0, 0.1) is 5.41 Å². The zero-order chi connectivity index (χ0) is 12.2. The fraction of sp³-hybridized carbons (Fsp3) is 0.917. The van der Waals surface area contributed by atoms with E-state index in [1.165, 1.54) is 0 Å². The molecule has 0 atom stereocenters. The van der Waals surface area contributed by atoms with Crippen LogP contribution in [0.15, 0.2) is 0 Å². The van der Waals surface area contributed by atoms with E-state index in [2.05, 4.69) is 10.2 Å². The van der Waals surface area contributed by atoms with Gasteiger partial charge in [-0.15, -0.1) is 0 Å². The highest BCUT2D eigenvalue weighted by atomic mass is 16.3. The quantitative estimate of drug-likeness (QED) is 0.744. The van der Waals surface area contributed by atoms with Crippen molar-refractivity contribution in [2.45, 2.75) is 39.7 Å². The summed E-state index contributed by atoms with van der Waals surface area (Å²) in [7, 11) is 0. The first-order valence-corrected chi connectivity index (χ1v) is 6.08. The monoisotopic (exact) mass is 228 g/mol. The molecule has 1 aliphatic heterocycles. The van der Waals surface area contributed by atoms with Gasteiger partial charge in [-0.25, -0.2) is 0 Å². The van der Waals surface area contributed by atoms with Crippen LogP contribution in [0.4, 0.5) is 0 Å². The Kier molecular flexibility index (Phi) is 4.74. The number of rotatable bonds is 3. The topological polar surface area (TPSA) is 52.6 Å². The minimum absolute atomic E-state index is 0.101. The number of aliphatic hydroxyl groups excluding tert-OH is 1. The van der Waals surface area contributed by atoms with Gasteiger partial charge in [0, 0.05) is 31.6 Å². The Morgan fingerprint density at radius 2 is 1.94 bits per heavy atom. The molecule has 0 bridgehead atoms. The highest BCUT2D eigenvalue weighted by molar-refractivity contribution is 5.81. The molecule has 1 aliphatic rings. The third kappa shape index (κ3) is 4.49. The molecule has 0 aliphatic carbocycles. The van der Waals surface area contributed by atoms with E-state index in [1.54, 1.807) is 0 Å². The lowest BCUT2D eigenvalue weighted by Gasteiger charge is -2.29. The number of amides is 1. The van der Waals surface area contributed by atoms with Crippen LogP contribution in [0.5, 0.6) is 0 Å². The van der Waals surface area contributed by atoms with Crippen molar-refractivity contribution in [2.24, 2.45) is 5.41 Å². The van der Waals surface area contributed by atoms with E-state index in [0.717, 1.165) is 32.5 Å². The molecule has 0 aromatic carbocycles. The number of likely N-dealkylation sites (tertiary alicyclic amines) is 1. The van der Waals surface area contributed by atoms with Gasteiger partial charge in [0.2, 0.25) is 5.91 Å². The highest BCUT2D eigenvalue weighted by Gasteiger charge is 2.21. The van der Waals surface area contributed by atoms with Crippen LogP contribution in [0.1, 0.15) is 33.6 Å². The van der Waals surface area contributed by atoms with Crippen molar-refractivity contribution >= 4 is 5.91 Å². The highest BCUT2D eigenvalue weighted by Crippen LogP contribution is 2.12. The Bertz CT molecular complexity index is 228. The molecular weight excluding hydrogens is 204 g/mol. The lowest BCUT2D eigenvalue weighted by molar-refractivity contribution is -0.128. The zero-order valence-electron chi connectivity index (χ0n) is 10.6. The Morgan fingerprint density at radius 3 is 2.44 bits per heavy atom. The largest absolute Gasteiger partial charge is 0.393 e. The van der Waals surface area contributed by atoms with Gasteiger partial charge < -0.3 is 15.3 Å². The lowest BCUT2D eigenvalue weighted by atomic mass is 9.96. The second-order valence-electron chi connectivity index (χ2n) is 5.58. The van der Waals surface area contributed by atoms with Crippen LogP contribution in [0.25, 0.3) is 0 Å². The molecule has 94 valence electrons. The van der Waals surface area contributed by atoms with Crippen molar-refractivity contribution in [2.75, 3.05) is 26.2 Å². The Balaban J connectivity index is 2.14. The van der Waals surface area contributed by atoms with Crippen molar-refractivity contribution in [1.29, 1.82) is 0 Å². The summed E-state index contributed by atoms with van der Waals surface area (Å²) in [5, 5.41) is 12.3. The average Bonchev–Trinajstić information content (AvgIpc) is 2.19. The first-order chi connectivity index (χ1) is 7.39. The molecule has 0 radical (unpaired) electrons. The molecule has 1 fully saturated rings. The first kappa shape index (κ1) is 13.5. The van der Waals surface area contributed by atoms with Gasteiger partial charge in [-0.2, -0.15) is 0 Å². The van der Waals surface area contributed by atoms with Crippen LogP contribution in [-0.4, -0.2) is 48.2 Å². The normalized spacial score (nSPS) is 19.8. The molecular formula is C12H24N2O2. The average molecular weight is 228 g/mol. The van der Waals surface area contributed by atoms with Crippen LogP contribution >= 0.6 is 0 Å². The summed E-state index contributed by atoms with van der Waals surface area (Å²) in [4.78, 5) is 13.9. The maximum atomic E-state index is 11.6. The number of nitrogens with one attached hydrogen (secondary N) is 1. The van der Waals surface area contributed by atoms with Gasteiger partial charge in [0.1, 0.15) is 0 Å². The molecule has 1 saturated heterocycles. The predicted octanol–water partition coefficient (Wildman–Crippen LogP) is 0.605. The second-order valence-corrected chi connectivity index (χ2v) is 5.58. The number of piperidine rings is 1. The molecule has 4 nitrogen and oxygen atoms in total. The summed E-state index contributed by atoms with van der Waals surface area (Å²) in [5.74, 6) is 0.101. The van der Waals surface area contributed by atoms with E-state index >= 15 is 0 Å². The number of carbonyl (C=O) groups excluding carboxylic acids is 1. The van der Waals surface area contributed by atoms with Gasteiger partial charge in [-0.1, -0.05) is 20.8 Å². The van der Waals surface area contributed by atoms with E-state index in [4.69, 9.17) is 0 Å². The molecule has 16 heavy (non-hydrogen) atoms. The molecule has 1 amide bonds. The molecule has 0 saturated carbocycles. The minimum Gasteiger partial charge on any atom is -0.393 e. The molecule has 4 heteroatoms. The molecule has 2 N–H and O–H groups in total. The van der Waals surface area contributed by atoms with Crippen LogP contribution in [-0.2, 0) is 4.79 Å². The van der Waals surface area contributed by atoms with E-state index in [0.29, 0.717) is 6.54 Å². The lowest BCUT2D eigenvalue weighted by Crippen LogP contribution is -2.43. The van der Waals surface area contributed by atoms with Crippen molar-refractivity contribution in [3.63, 3.8) is 0 Å². The number of carbonyl (C=O) groups is 1. The summed E-state index contributed by atoms with van der Waals surface area (Å²) >= 11 is 0. The van der Waals surface area contributed by atoms with Gasteiger partial charge >= 0.3 is 0 Å². The molecule has 0 unspecified atom stereocenters. The van der Waals surface area contributed by atoms with Gasteiger partial charge in [-0.3, -0.25) is 4.79 Å². The van der Waals surface area contributed by atoms with Crippen LogP contribution < -0.4 is 5.32 Å².